The smallest absolute Gasteiger partial charge is 0.0560 e. The Morgan fingerprint density at radius 3 is 2.87 bits per heavy atom. The van der Waals surface area contributed by atoms with Gasteiger partial charge in [-0.25, -0.2) is 0 Å². The van der Waals surface area contributed by atoms with Gasteiger partial charge >= 0.3 is 0 Å². The molecule has 1 aromatic carbocycles. The molecule has 0 aromatic heterocycles. The molecule has 0 unspecified atom stereocenters. The third kappa shape index (κ3) is 6.08. The molecule has 0 aliphatic heterocycles. The third-order valence-corrected chi connectivity index (χ3v) is 3.06. The van der Waals surface area contributed by atoms with Crippen molar-refractivity contribution in [2.75, 3.05) is 12.4 Å². The van der Waals surface area contributed by atoms with Gasteiger partial charge in [0.15, 0.2) is 0 Å². The highest BCUT2D eigenvalue weighted by molar-refractivity contribution is 7.98. The second kappa shape index (κ2) is 7.15. The van der Waals surface area contributed by atoms with Crippen LogP contribution in [-0.4, -0.2) is 18.5 Å². The summed E-state index contributed by atoms with van der Waals surface area (Å²) in [4.78, 5) is 0. The SMILES string of the molecule is CC(C)OCCSCc1cccc(Cl)c1. The minimum Gasteiger partial charge on any atom is -0.378 e. The van der Waals surface area contributed by atoms with Gasteiger partial charge in [-0.2, -0.15) is 11.8 Å². The largest absolute Gasteiger partial charge is 0.378 e. The monoisotopic (exact) mass is 244 g/mol. The molecule has 0 heterocycles. The number of thioether (sulfide) groups is 1. The fourth-order valence-electron chi connectivity index (χ4n) is 1.16. The molecule has 1 rings (SSSR count). The topological polar surface area (TPSA) is 9.23 Å². The van der Waals surface area contributed by atoms with Crippen molar-refractivity contribution in [1.29, 1.82) is 0 Å². The molecule has 0 radical (unpaired) electrons. The van der Waals surface area contributed by atoms with Crippen LogP contribution < -0.4 is 0 Å². The molecule has 0 aliphatic carbocycles. The molecule has 84 valence electrons. The minimum atomic E-state index is 0.330. The Hall–Kier alpha value is -0.180. The summed E-state index contributed by atoms with van der Waals surface area (Å²) in [6.45, 7) is 4.94. The van der Waals surface area contributed by atoms with E-state index in [1.54, 1.807) is 0 Å². The highest BCUT2D eigenvalue weighted by atomic mass is 35.5. The van der Waals surface area contributed by atoms with Gasteiger partial charge in [-0.05, 0) is 31.5 Å². The van der Waals surface area contributed by atoms with E-state index in [1.807, 2.05) is 30.0 Å². The molecule has 1 nitrogen and oxygen atoms in total. The van der Waals surface area contributed by atoms with Gasteiger partial charge in [-0.3, -0.25) is 0 Å². The Morgan fingerprint density at radius 2 is 2.20 bits per heavy atom. The minimum absolute atomic E-state index is 0.330. The fraction of sp³-hybridized carbons (Fsp3) is 0.500. The van der Waals surface area contributed by atoms with Crippen LogP contribution in [0.3, 0.4) is 0 Å². The zero-order valence-electron chi connectivity index (χ0n) is 9.20. The van der Waals surface area contributed by atoms with Crippen molar-refractivity contribution < 1.29 is 4.74 Å². The Labute approximate surface area is 101 Å². The number of hydrogen-bond donors (Lipinski definition) is 0. The van der Waals surface area contributed by atoms with Gasteiger partial charge in [-0.1, -0.05) is 23.7 Å². The second-order valence-electron chi connectivity index (χ2n) is 3.60. The van der Waals surface area contributed by atoms with Gasteiger partial charge in [0.05, 0.1) is 12.7 Å². The summed E-state index contributed by atoms with van der Waals surface area (Å²) < 4.78 is 5.46. The first kappa shape index (κ1) is 12.9. The Kier molecular flexibility index (Phi) is 6.15. The first-order chi connectivity index (χ1) is 7.18. The molecule has 3 heteroatoms. The van der Waals surface area contributed by atoms with Crippen LogP contribution >= 0.6 is 23.4 Å². The van der Waals surface area contributed by atoms with E-state index < -0.39 is 0 Å². The van der Waals surface area contributed by atoms with Crippen LogP contribution in [0.5, 0.6) is 0 Å². The Balaban J connectivity index is 2.15. The van der Waals surface area contributed by atoms with Crippen LogP contribution in [0.15, 0.2) is 24.3 Å². The van der Waals surface area contributed by atoms with Gasteiger partial charge in [0.2, 0.25) is 0 Å². The molecule has 0 fully saturated rings. The van der Waals surface area contributed by atoms with Gasteiger partial charge in [0.1, 0.15) is 0 Å². The maximum absolute atomic E-state index is 5.89. The molecule has 0 N–H and O–H groups in total. The number of ether oxygens (including phenoxy) is 1. The standard InChI is InChI=1S/C12H17ClOS/c1-10(2)14-6-7-15-9-11-4-3-5-12(13)8-11/h3-5,8,10H,6-7,9H2,1-2H3. The third-order valence-electron chi connectivity index (χ3n) is 1.84. The average Bonchev–Trinajstić information content (AvgIpc) is 2.17. The highest BCUT2D eigenvalue weighted by Gasteiger charge is 1.96. The lowest BCUT2D eigenvalue weighted by atomic mass is 10.2. The molecule has 0 saturated carbocycles. The molecular formula is C12H17ClOS. The van der Waals surface area contributed by atoms with Gasteiger partial charge in [0.25, 0.3) is 0 Å². The zero-order valence-corrected chi connectivity index (χ0v) is 10.8. The van der Waals surface area contributed by atoms with E-state index in [4.69, 9.17) is 16.3 Å². The lowest BCUT2D eigenvalue weighted by Gasteiger charge is -2.07. The predicted molar refractivity (Wildman–Crippen MR) is 68.7 cm³/mol. The van der Waals surface area contributed by atoms with Crippen molar-refractivity contribution in [3.05, 3.63) is 34.9 Å². The molecule has 0 aliphatic rings. The maximum Gasteiger partial charge on any atom is 0.0560 e. The summed E-state index contributed by atoms with van der Waals surface area (Å²) in [6, 6.07) is 8.00. The summed E-state index contributed by atoms with van der Waals surface area (Å²) in [5.74, 6) is 2.03. The van der Waals surface area contributed by atoms with E-state index >= 15 is 0 Å². The average molecular weight is 245 g/mol. The number of rotatable bonds is 6. The highest BCUT2D eigenvalue weighted by Crippen LogP contribution is 2.16. The van der Waals surface area contributed by atoms with E-state index in [1.165, 1.54) is 5.56 Å². The van der Waals surface area contributed by atoms with Gasteiger partial charge in [-0.15, -0.1) is 0 Å². The molecule has 0 atom stereocenters. The van der Waals surface area contributed by atoms with E-state index in [2.05, 4.69) is 19.9 Å². The van der Waals surface area contributed by atoms with E-state index in [9.17, 15) is 0 Å². The lowest BCUT2D eigenvalue weighted by molar-refractivity contribution is 0.0920. The first-order valence-corrected chi connectivity index (χ1v) is 6.65. The van der Waals surface area contributed by atoms with Crippen LogP contribution in [-0.2, 0) is 10.5 Å². The van der Waals surface area contributed by atoms with Crippen LogP contribution in [0.2, 0.25) is 5.02 Å². The fourth-order valence-corrected chi connectivity index (χ4v) is 2.15. The normalized spacial score (nSPS) is 10.9. The van der Waals surface area contributed by atoms with Crippen molar-refractivity contribution in [2.45, 2.75) is 25.7 Å². The Morgan fingerprint density at radius 1 is 1.40 bits per heavy atom. The molecule has 0 saturated heterocycles. The molecule has 15 heavy (non-hydrogen) atoms. The van der Waals surface area contributed by atoms with Crippen molar-refractivity contribution in [1.82, 2.24) is 0 Å². The molecular weight excluding hydrogens is 228 g/mol. The lowest BCUT2D eigenvalue weighted by Crippen LogP contribution is -2.05. The molecule has 1 aromatic rings. The van der Waals surface area contributed by atoms with Crippen molar-refractivity contribution in [3.63, 3.8) is 0 Å². The van der Waals surface area contributed by atoms with Crippen LogP contribution in [0, 0.1) is 0 Å². The zero-order chi connectivity index (χ0) is 11.1. The van der Waals surface area contributed by atoms with Crippen molar-refractivity contribution >= 4 is 23.4 Å². The molecule has 0 bridgehead atoms. The molecule has 0 spiro atoms. The van der Waals surface area contributed by atoms with Gasteiger partial charge < -0.3 is 4.74 Å². The summed E-state index contributed by atoms with van der Waals surface area (Å²) in [7, 11) is 0. The summed E-state index contributed by atoms with van der Waals surface area (Å²) in [5.41, 5.74) is 1.28. The van der Waals surface area contributed by atoms with E-state index in [0.29, 0.717) is 6.10 Å². The van der Waals surface area contributed by atoms with E-state index in [-0.39, 0.29) is 0 Å². The first-order valence-electron chi connectivity index (χ1n) is 5.12. The van der Waals surface area contributed by atoms with Gasteiger partial charge in [0, 0.05) is 16.5 Å². The van der Waals surface area contributed by atoms with Crippen molar-refractivity contribution in [2.24, 2.45) is 0 Å². The summed E-state index contributed by atoms with van der Waals surface area (Å²) in [5, 5.41) is 0.812. The predicted octanol–water partition coefficient (Wildman–Crippen LogP) is 4.00. The van der Waals surface area contributed by atoms with Crippen LogP contribution in [0.25, 0.3) is 0 Å². The quantitative estimate of drug-likeness (QED) is 0.700. The summed E-state index contributed by atoms with van der Waals surface area (Å²) in [6.07, 6.45) is 0.330. The van der Waals surface area contributed by atoms with Crippen LogP contribution in [0.4, 0.5) is 0 Å². The number of halogens is 1. The molecule has 0 amide bonds. The number of hydrogen-bond acceptors (Lipinski definition) is 2. The number of benzene rings is 1. The van der Waals surface area contributed by atoms with E-state index in [0.717, 1.165) is 23.1 Å². The Bertz CT molecular complexity index is 289. The van der Waals surface area contributed by atoms with Crippen molar-refractivity contribution in [3.8, 4) is 0 Å². The maximum atomic E-state index is 5.89. The summed E-state index contributed by atoms with van der Waals surface area (Å²) >= 11 is 7.77. The van der Waals surface area contributed by atoms with Crippen LogP contribution in [0.1, 0.15) is 19.4 Å². The second-order valence-corrected chi connectivity index (χ2v) is 5.14.